The Morgan fingerprint density at radius 3 is 2.17 bits per heavy atom. The van der Waals surface area contributed by atoms with Gasteiger partial charge in [-0.05, 0) is 12.5 Å². The van der Waals surface area contributed by atoms with Gasteiger partial charge in [0.1, 0.15) is 0 Å². The number of hydrogen-bond donors (Lipinski definition) is 2. The summed E-state index contributed by atoms with van der Waals surface area (Å²) in [5.41, 5.74) is 1.02. The van der Waals surface area contributed by atoms with Crippen LogP contribution in [-0.2, 0) is 0 Å². The highest BCUT2D eigenvalue weighted by Crippen LogP contribution is 2.18. The zero-order chi connectivity index (χ0) is 17.6. The second-order valence-corrected chi connectivity index (χ2v) is 6.76. The number of nitrogens with zero attached hydrogens (tertiary/aromatic N) is 3. The third-order valence-electron chi connectivity index (χ3n) is 4.56. The van der Waals surface area contributed by atoms with Gasteiger partial charge in [0.15, 0.2) is 0 Å². The first-order chi connectivity index (χ1) is 11.7. The van der Waals surface area contributed by atoms with Crippen LogP contribution in [0.5, 0.6) is 0 Å². The van der Waals surface area contributed by atoms with Crippen molar-refractivity contribution in [3.05, 3.63) is 11.8 Å². The van der Waals surface area contributed by atoms with Crippen LogP contribution in [0.15, 0.2) is 16.9 Å². The normalized spacial score (nSPS) is 15.8. The first-order valence-corrected chi connectivity index (χ1v) is 9.72. The SMILES string of the molecule is CCCCCCCCCCCCN1C(CC(O)CO)=CC=NN1C. The predicted molar refractivity (Wildman–Crippen MR) is 101 cm³/mol. The Labute approximate surface area is 148 Å². The molecule has 1 heterocycles. The molecular weight excluding hydrogens is 302 g/mol. The molecule has 1 aliphatic heterocycles. The molecule has 1 rings (SSSR count). The van der Waals surface area contributed by atoms with Crippen molar-refractivity contribution < 1.29 is 10.2 Å². The maximum absolute atomic E-state index is 9.68. The fourth-order valence-electron chi connectivity index (χ4n) is 3.07. The summed E-state index contributed by atoms with van der Waals surface area (Å²) in [6, 6.07) is 0. The Kier molecular flexibility index (Phi) is 11.6. The lowest BCUT2D eigenvalue weighted by Gasteiger charge is -2.36. The summed E-state index contributed by atoms with van der Waals surface area (Å²) in [6.07, 6.45) is 16.7. The molecule has 1 unspecified atom stereocenters. The summed E-state index contributed by atoms with van der Waals surface area (Å²) in [6.45, 7) is 2.97. The summed E-state index contributed by atoms with van der Waals surface area (Å²) < 4.78 is 0. The fourth-order valence-corrected chi connectivity index (χ4v) is 3.07. The highest BCUT2D eigenvalue weighted by molar-refractivity contribution is 5.72. The molecule has 140 valence electrons. The van der Waals surface area contributed by atoms with E-state index in [4.69, 9.17) is 5.11 Å². The quantitative estimate of drug-likeness (QED) is 0.474. The van der Waals surface area contributed by atoms with Crippen molar-refractivity contribution in [3.63, 3.8) is 0 Å². The molecule has 0 saturated heterocycles. The summed E-state index contributed by atoms with van der Waals surface area (Å²) in [7, 11) is 1.92. The van der Waals surface area contributed by atoms with Crippen LogP contribution in [0.2, 0.25) is 0 Å². The lowest BCUT2D eigenvalue weighted by atomic mass is 10.1. The Morgan fingerprint density at radius 1 is 1.00 bits per heavy atom. The Hall–Kier alpha value is -1.07. The molecule has 0 aromatic carbocycles. The molecule has 5 heteroatoms. The molecule has 0 radical (unpaired) electrons. The number of allylic oxidation sites excluding steroid dienone is 1. The third-order valence-corrected chi connectivity index (χ3v) is 4.56. The lowest BCUT2D eigenvalue weighted by Crippen LogP contribution is -2.39. The molecule has 0 aromatic heterocycles. The highest BCUT2D eigenvalue weighted by Gasteiger charge is 2.18. The summed E-state index contributed by atoms with van der Waals surface area (Å²) in [5, 5.41) is 26.9. The molecule has 0 amide bonds. The zero-order valence-electron chi connectivity index (χ0n) is 15.7. The average molecular weight is 340 g/mol. The molecule has 0 fully saturated rings. The van der Waals surface area contributed by atoms with E-state index in [1.807, 2.05) is 18.2 Å². The summed E-state index contributed by atoms with van der Waals surface area (Å²) in [5.74, 6) is 0. The van der Waals surface area contributed by atoms with E-state index in [0.29, 0.717) is 6.42 Å². The van der Waals surface area contributed by atoms with E-state index in [2.05, 4.69) is 17.0 Å². The van der Waals surface area contributed by atoms with Crippen molar-refractivity contribution in [1.82, 2.24) is 10.1 Å². The molecule has 0 aromatic rings. The van der Waals surface area contributed by atoms with E-state index in [0.717, 1.165) is 18.7 Å². The number of aliphatic hydroxyl groups excluding tert-OH is 2. The van der Waals surface area contributed by atoms with E-state index >= 15 is 0 Å². The minimum Gasteiger partial charge on any atom is -0.394 e. The molecule has 0 aliphatic carbocycles. The minimum atomic E-state index is -0.702. The first-order valence-electron chi connectivity index (χ1n) is 9.72. The smallest absolute Gasteiger partial charge is 0.0826 e. The molecule has 0 bridgehead atoms. The van der Waals surface area contributed by atoms with Crippen LogP contribution in [0.1, 0.15) is 77.6 Å². The van der Waals surface area contributed by atoms with E-state index in [1.54, 1.807) is 6.21 Å². The second-order valence-electron chi connectivity index (χ2n) is 6.76. The number of hydrazone groups is 1. The topological polar surface area (TPSA) is 59.3 Å². The van der Waals surface area contributed by atoms with Gasteiger partial charge in [0, 0.05) is 25.7 Å². The summed E-state index contributed by atoms with van der Waals surface area (Å²) >= 11 is 0. The molecule has 1 atom stereocenters. The highest BCUT2D eigenvalue weighted by atomic mass is 16.3. The first kappa shape index (κ1) is 21.0. The maximum atomic E-state index is 9.68. The van der Waals surface area contributed by atoms with Gasteiger partial charge < -0.3 is 10.2 Å². The van der Waals surface area contributed by atoms with Crippen LogP contribution in [0.4, 0.5) is 0 Å². The summed E-state index contributed by atoms with van der Waals surface area (Å²) in [4.78, 5) is 0. The number of rotatable bonds is 14. The molecule has 0 saturated carbocycles. The Bertz CT molecular complexity index is 372. The molecule has 0 spiro atoms. The van der Waals surface area contributed by atoms with Crippen LogP contribution in [0, 0.1) is 0 Å². The van der Waals surface area contributed by atoms with Crippen LogP contribution >= 0.6 is 0 Å². The van der Waals surface area contributed by atoms with Gasteiger partial charge in [-0.15, -0.1) is 0 Å². The van der Waals surface area contributed by atoms with Crippen molar-refractivity contribution >= 4 is 6.21 Å². The zero-order valence-corrected chi connectivity index (χ0v) is 15.7. The molecule has 24 heavy (non-hydrogen) atoms. The molecule has 1 aliphatic rings. The largest absolute Gasteiger partial charge is 0.394 e. The van der Waals surface area contributed by atoms with Crippen LogP contribution in [-0.4, -0.2) is 52.9 Å². The van der Waals surface area contributed by atoms with E-state index in [1.165, 1.54) is 57.8 Å². The predicted octanol–water partition coefficient (Wildman–Crippen LogP) is 3.68. The monoisotopic (exact) mass is 339 g/mol. The molecular formula is C19H37N3O2. The standard InChI is InChI=1S/C19H37N3O2/c1-3-4-5-6-7-8-9-10-11-12-15-22-18(16-19(24)17-23)13-14-20-21(22)2/h13-14,19,23-24H,3-12,15-17H2,1-2H3. The van der Waals surface area contributed by atoms with E-state index in [9.17, 15) is 5.11 Å². The minimum absolute atomic E-state index is 0.204. The van der Waals surface area contributed by atoms with Gasteiger partial charge in [0.25, 0.3) is 0 Å². The van der Waals surface area contributed by atoms with Crippen molar-refractivity contribution in [2.75, 3.05) is 20.2 Å². The van der Waals surface area contributed by atoms with E-state index in [-0.39, 0.29) is 6.61 Å². The van der Waals surface area contributed by atoms with Gasteiger partial charge in [-0.3, -0.25) is 5.01 Å². The number of hydrazine groups is 1. The fraction of sp³-hybridized carbons (Fsp3) is 0.842. The van der Waals surface area contributed by atoms with Gasteiger partial charge in [-0.1, -0.05) is 64.7 Å². The maximum Gasteiger partial charge on any atom is 0.0826 e. The number of hydrogen-bond acceptors (Lipinski definition) is 5. The average Bonchev–Trinajstić information content (AvgIpc) is 2.58. The Balaban J connectivity index is 2.13. The van der Waals surface area contributed by atoms with Crippen LogP contribution in [0.3, 0.4) is 0 Å². The third kappa shape index (κ3) is 8.69. The van der Waals surface area contributed by atoms with Crippen LogP contribution in [0.25, 0.3) is 0 Å². The molecule has 5 nitrogen and oxygen atoms in total. The number of aliphatic hydroxyl groups is 2. The second kappa shape index (κ2) is 13.2. The van der Waals surface area contributed by atoms with Crippen molar-refractivity contribution in [3.8, 4) is 0 Å². The molecule has 2 N–H and O–H groups in total. The lowest BCUT2D eigenvalue weighted by molar-refractivity contribution is 0.0158. The van der Waals surface area contributed by atoms with Gasteiger partial charge in [0.2, 0.25) is 0 Å². The van der Waals surface area contributed by atoms with Crippen molar-refractivity contribution in [2.24, 2.45) is 5.10 Å². The Morgan fingerprint density at radius 2 is 1.58 bits per heavy atom. The van der Waals surface area contributed by atoms with Gasteiger partial charge in [0.05, 0.1) is 18.9 Å². The van der Waals surface area contributed by atoms with Gasteiger partial charge >= 0.3 is 0 Å². The van der Waals surface area contributed by atoms with Crippen molar-refractivity contribution in [2.45, 2.75) is 83.7 Å². The van der Waals surface area contributed by atoms with Crippen LogP contribution < -0.4 is 0 Å². The van der Waals surface area contributed by atoms with E-state index < -0.39 is 6.10 Å². The van der Waals surface area contributed by atoms with Crippen molar-refractivity contribution in [1.29, 1.82) is 0 Å². The van der Waals surface area contributed by atoms with Gasteiger partial charge in [-0.2, -0.15) is 5.10 Å². The number of unbranched alkanes of at least 4 members (excludes halogenated alkanes) is 9. The van der Waals surface area contributed by atoms with Gasteiger partial charge in [-0.25, -0.2) is 5.12 Å².